The molecule has 166 valence electrons. The fourth-order valence-corrected chi connectivity index (χ4v) is 7.37. The number of aryl methyl sites for hydroxylation is 2. The molecule has 0 spiro atoms. The first-order chi connectivity index (χ1) is 15.8. The monoisotopic (exact) mass is 430 g/mol. The van der Waals surface area contributed by atoms with E-state index in [1.807, 2.05) is 0 Å². The standard InChI is InChI=1S/C33H34/c1-21-13-14-27(17-22(2)25(21)5)33(28-18-23(3)26(6)24(4)19-28)30-12-8-7-11-29(30)31-15-9-10-16-32(31,33)20-31/h7-12,14-19H,13,20H2,1-6H3. The number of hydrogen-bond donors (Lipinski definition) is 0. The second kappa shape index (κ2) is 6.60. The van der Waals surface area contributed by atoms with E-state index in [1.165, 1.54) is 62.1 Å². The molecule has 0 nitrogen and oxygen atoms in total. The maximum Gasteiger partial charge on any atom is 0.0554 e. The summed E-state index contributed by atoms with van der Waals surface area (Å²) in [6, 6.07) is 14.3. The number of hydrogen-bond acceptors (Lipinski definition) is 0. The van der Waals surface area contributed by atoms with Crippen molar-refractivity contribution in [1.29, 1.82) is 0 Å². The Kier molecular flexibility index (Phi) is 4.14. The Labute approximate surface area is 199 Å². The summed E-state index contributed by atoms with van der Waals surface area (Å²) in [5, 5.41) is 0. The predicted octanol–water partition coefficient (Wildman–Crippen LogP) is 8.28. The summed E-state index contributed by atoms with van der Waals surface area (Å²) < 4.78 is 0. The van der Waals surface area contributed by atoms with E-state index in [2.05, 4.69) is 114 Å². The molecule has 0 saturated heterocycles. The zero-order chi connectivity index (χ0) is 23.2. The molecule has 6 rings (SSSR count). The second-order valence-corrected chi connectivity index (χ2v) is 11.0. The normalized spacial score (nSPS) is 31.5. The summed E-state index contributed by atoms with van der Waals surface area (Å²) in [6.45, 7) is 13.7. The highest BCUT2D eigenvalue weighted by Gasteiger charge is 2.80. The molecule has 1 saturated carbocycles. The molecule has 4 aliphatic rings. The smallest absolute Gasteiger partial charge is 0.0554 e. The Balaban J connectivity index is 1.76. The van der Waals surface area contributed by atoms with Gasteiger partial charge < -0.3 is 0 Å². The van der Waals surface area contributed by atoms with Gasteiger partial charge in [0.1, 0.15) is 0 Å². The van der Waals surface area contributed by atoms with Gasteiger partial charge in [0.25, 0.3) is 0 Å². The Morgan fingerprint density at radius 2 is 1.45 bits per heavy atom. The molecular formula is C33H34. The highest BCUT2D eigenvalue weighted by molar-refractivity contribution is 5.75. The van der Waals surface area contributed by atoms with Gasteiger partial charge in [-0.1, -0.05) is 78.4 Å². The molecule has 2 aromatic rings. The van der Waals surface area contributed by atoms with E-state index in [1.54, 1.807) is 0 Å². The molecule has 3 unspecified atom stereocenters. The highest BCUT2D eigenvalue weighted by atomic mass is 14.8. The lowest BCUT2D eigenvalue weighted by Gasteiger charge is -2.42. The molecule has 1 fully saturated rings. The third-order valence-corrected chi connectivity index (χ3v) is 9.61. The van der Waals surface area contributed by atoms with Crippen LogP contribution in [0.5, 0.6) is 0 Å². The molecule has 0 bridgehead atoms. The van der Waals surface area contributed by atoms with Crippen LogP contribution in [0.4, 0.5) is 0 Å². The summed E-state index contributed by atoms with van der Waals surface area (Å²) in [7, 11) is 0. The molecule has 4 aliphatic carbocycles. The van der Waals surface area contributed by atoms with E-state index in [0.29, 0.717) is 0 Å². The number of allylic oxidation sites excluding steroid dienone is 10. The Morgan fingerprint density at radius 3 is 2.18 bits per heavy atom. The van der Waals surface area contributed by atoms with Crippen molar-refractivity contribution in [1.82, 2.24) is 0 Å². The maximum atomic E-state index is 2.56. The van der Waals surface area contributed by atoms with Gasteiger partial charge in [-0.05, 0) is 104 Å². The van der Waals surface area contributed by atoms with Crippen LogP contribution in [0.15, 0.2) is 95.1 Å². The number of rotatable bonds is 2. The van der Waals surface area contributed by atoms with Crippen LogP contribution in [0, 0.1) is 26.2 Å². The van der Waals surface area contributed by atoms with Crippen molar-refractivity contribution in [3.63, 3.8) is 0 Å². The summed E-state index contributed by atoms with van der Waals surface area (Å²) >= 11 is 0. The van der Waals surface area contributed by atoms with Gasteiger partial charge in [-0.25, -0.2) is 0 Å². The van der Waals surface area contributed by atoms with Gasteiger partial charge in [0.15, 0.2) is 0 Å². The van der Waals surface area contributed by atoms with Gasteiger partial charge in [-0.3, -0.25) is 0 Å². The summed E-state index contributed by atoms with van der Waals surface area (Å²) in [5.41, 5.74) is 14.5. The average Bonchev–Trinajstić information content (AvgIpc) is 3.48. The molecule has 0 N–H and O–H groups in total. The van der Waals surface area contributed by atoms with Crippen LogP contribution < -0.4 is 0 Å². The van der Waals surface area contributed by atoms with E-state index in [-0.39, 0.29) is 16.2 Å². The average molecular weight is 431 g/mol. The third-order valence-electron chi connectivity index (χ3n) is 9.61. The topological polar surface area (TPSA) is 0 Å². The van der Waals surface area contributed by atoms with Gasteiger partial charge >= 0.3 is 0 Å². The minimum Gasteiger partial charge on any atom is -0.0759 e. The summed E-state index contributed by atoms with van der Waals surface area (Å²) in [4.78, 5) is 0. The van der Waals surface area contributed by atoms with Crippen LogP contribution in [0.1, 0.15) is 67.0 Å². The predicted molar refractivity (Wildman–Crippen MR) is 140 cm³/mol. The van der Waals surface area contributed by atoms with Gasteiger partial charge in [-0.2, -0.15) is 0 Å². The van der Waals surface area contributed by atoms with Crippen molar-refractivity contribution >= 4 is 0 Å². The Morgan fingerprint density at radius 1 is 0.788 bits per heavy atom. The fraction of sp³-hybridized carbons (Fsp3) is 0.333. The minimum atomic E-state index is -0.180. The molecule has 0 aliphatic heterocycles. The van der Waals surface area contributed by atoms with Gasteiger partial charge in [0, 0.05) is 10.8 Å². The number of fused-ring (bicyclic) bond motifs is 1. The molecule has 0 heterocycles. The van der Waals surface area contributed by atoms with E-state index < -0.39 is 0 Å². The van der Waals surface area contributed by atoms with Crippen LogP contribution in [-0.4, -0.2) is 0 Å². The molecule has 3 atom stereocenters. The van der Waals surface area contributed by atoms with E-state index in [0.717, 1.165) is 6.42 Å². The van der Waals surface area contributed by atoms with Crippen LogP contribution in [-0.2, 0) is 10.8 Å². The summed E-state index contributed by atoms with van der Waals surface area (Å²) in [5.74, 6) is 0. The van der Waals surface area contributed by atoms with Crippen molar-refractivity contribution < 1.29 is 0 Å². The SMILES string of the molecule is CC1=CC(C2(c3cc(C)c(C)c(C)c3)c3ccccc3C34C=CC=CC32C4)=CCC(C)=C1C. The van der Waals surface area contributed by atoms with Crippen molar-refractivity contribution in [2.45, 2.75) is 65.2 Å². The highest BCUT2D eigenvalue weighted by Crippen LogP contribution is 2.83. The van der Waals surface area contributed by atoms with Gasteiger partial charge in [0.05, 0.1) is 5.41 Å². The van der Waals surface area contributed by atoms with Crippen LogP contribution in [0.25, 0.3) is 0 Å². The third kappa shape index (κ3) is 2.32. The molecule has 0 radical (unpaired) electrons. The van der Waals surface area contributed by atoms with E-state index in [4.69, 9.17) is 0 Å². The molecular weight excluding hydrogens is 396 g/mol. The maximum absolute atomic E-state index is 2.56. The minimum absolute atomic E-state index is 0.0569. The zero-order valence-electron chi connectivity index (χ0n) is 20.8. The van der Waals surface area contributed by atoms with Gasteiger partial charge in [0.2, 0.25) is 0 Å². The lowest BCUT2D eigenvalue weighted by molar-refractivity contribution is 0.420. The molecule has 0 heteroatoms. The fourth-order valence-electron chi connectivity index (χ4n) is 7.37. The number of benzene rings is 2. The molecule has 33 heavy (non-hydrogen) atoms. The molecule has 0 amide bonds. The largest absolute Gasteiger partial charge is 0.0759 e. The Bertz CT molecular complexity index is 1350. The lowest BCUT2D eigenvalue weighted by Crippen LogP contribution is -2.39. The first-order valence-electron chi connectivity index (χ1n) is 12.4. The zero-order valence-corrected chi connectivity index (χ0v) is 20.8. The Hall–Kier alpha value is -2.86. The molecule has 2 aromatic carbocycles. The van der Waals surface area contributed by atoms with Gasteiger partial charge in [-0.15, -0.1) is 0 Å². The van der Waals surface area contributed by atoms with Crippen molar-refractivity contribution in [2.24, 2.45) is 5.41 Å². The first kappa shape index (κ1) is 20.7. The molecule has 0 aromatic heterocycles. The van der Waals surface area contributed by atoms with Crippen LogP contribution in [0.2, 0.25) is 0 Å². The lowest BCUT2D eigenvalue weighted by atomic mass is 9.59. The van der Waals surface area contributed by atoms with E-state index in [9.17, 15) is 0 Å². The van der Waals surface area contributed by atoms with Crippen molar-refractivity contribution in [2.75, 3.05) is 0 Å². The van der Waals surface area contributed by atoms with Crippen molar-refractivity contribution in [3.8, 4) is 0 Å². The van der Waals surface area contributed by atoms with Crippen LogP contribution in [0.3, 0.4) is 0 Å². The first-order valence-corrected chi connectivity index (χ1v) is 12.4. The quantitative estimate of drug-likeness (QED) is 0.450. The van der Waals surface area contributed by atoms with Crippen LogP contribution >= 0.6 is 0 Å². The second-order valence-electron chi connectivity index (χ2n) is 11.0. The van der Waals surface area contributed by atoms with Crippen molar-refractivity contribution in [3.05, 3.63) is 129 Å². The van der Waals surface area contributed by atoms with E-state index >= 15 is 0 Å². The summed E-state index contributed by atoms with van der Waals surface area (Å²) in [6.07, 6.45) is 16.9.